The normalized spacial score (nSPS) is 15.8. The monoisotopic (exact) mass is 834 g/mol. The zero-order valence-electron chi connectivity index (χ0n) is 34.6. The number of hydrogen-bond donors (Lipinski definition) is 0. The molecule has 0 aliphatic carbocycles. The van der Waals surface area contributed by atoms with Gasteiger partial charge in [0.05, 0.1) is 11.0 Å². The third kappa shape index (κ3) is 5.34. The molecule has 64 heavy (non-hydrogen) atoms. The van der Waals surface area contributed by atoms with E-state index in [-0.39, 0.29) is 11.4 Å². The largest absolute Gasteiger partial charge is 0.326 e. The summed E-state index contributed by atoms with van der Waals surface area (Å²) in [7, 11) is 0. The highest BCUT2D eigenvalue weighted by Gasteiger charge is 2.45. The predicted molar refractivity (Wildman–Crippen MR) is 271 cm³/mol. The van der Waals surface area contributed by atoms with Gasteiger partial charge in [0.15, 0.2) is 0 Å². The quantitative estimate of drug-likeness (QED) is 0.173. The molecule has 2 aliphatic heterocycles. The summed E-state index contributed by atoms with van der Waals surface area (Å²) in [5.74, 6) is 0. The third-order valence-corrected chi connectivity index (χ3v) is 14.9. The minimum Gasteiger partial charge on any atom is -0.326 e. The molecule has 0 saturated heterocycles. The molecule has 0 saturated carbocycles. The van der Waals surface area contributed by atoms with E-state index in [9.17, 15) is 0 Å². The van der Waals surface area contributed by atoms with Crippen molar-refractivity contribution in [2.75, 3.05) is 4.90 Å². The average Bonchev–Trinajstić information content (AvgIpc) is 4.17. The smallest absolute Gasteiger partial charge is 0.113 e. The number of aromatic nitrogens is 2. The lowest BCUT2D eigenvalue weighted by Gasteiger charge is -2.26. The molecule has 300 valence electrons. The van der Waals surface area contributed by atoms with Crippen molar-refractivity contribution >= 4 is 93.1 Å². The van der Waals surface area contributed by atoms with Gasteiger partial charge in [0.25, 0.3) is 0 Å². The molecule has 0 fully saturated rings. The van der Waals surface area contributed by atoms with Crippen LogP contribution in [0.3, 0.4) is 0 Å². The van der Waals surface area contributed by atoms with Crippen molar-refractivity contribution in [3.8, 4) is 22.5 Å². The summed E-state index contributed by atoms with van der Waals surface area (Å²) in [6.07, 6.45) is 4.45. The SMILES string of the molecule is c1ccc(-n2ccc3c4cc(-c5ccc6c7c(ccc6c5)N(c5ccc6ccccc6c5)C5SC(c6ccc8ccccc8c6)=NC75)ccc4c4c(ccn4-c4ccccc4)c32)cc1. The molecule has 0 bridgehead atoms. The Labute approximate surface area is 374 Å². The fraction of sp³-hybridized carbons (Fsp3) is 0.0339. The number of hydrogen-bond acceptors (Lipinski definition) is 3. The summed E-state index contributed by atoms with van der Waals surface area (Å²) in [5, 5.41) is 13.6. The number of benzene rings is 10. The van der Waals surface area contributed by atoms with Gasteiger partial charge in [0, 0.05) is 62.4 Å². The number of rotatable bonds is 5. The second-order valence-corrected chi connectivity index (χ2v) is 18.2. The summed E-state index contributed by atoms with van der Waals surface area (Å²) in [6.45, 7) is 0. The van der Waals surface area contributed by atoms with Crippen molar-refractivity contribution in [2.45, 2.75) is 11.4 Å². The van der Waals surface area contributed by atoms with Gasteiger partial charge in [-0.25, -0.2) is 0 Å². The van der Waals surface area contributed by atoms with Crippen LogP contribution >= 0.6 is 11.8 Å². The first-order valence-electron chi connectivity index (χ1n) is 22.0. The molecule has 0 radical (unpaired) electrons. The number of thioether (sulfide) groups is 1. The summed E-state index contributed by atoms with van der Waals surface area (Å²) in [5.41, 5.74) is 12.1. The molecule has 14 rings (SSSR count). The summed E-state index contributed by atoms with van der Waals surface area (Å²) >= 11 is 1.89. The molecule has 2 atom stereocenters. The number of aliphatic imine (C=N–C) groups is 1. The van der Waals surface area contributed by atoms with Crippen LogP contribution in [-0.4, -0.2) is 19.6 Å². The number of anilines is 2. The molecule has 4 nitrogen and oxygen atoms in total. The van der Waals surface area contributed by atoms with Crippen LogP contribution in [0.15, 0.2) is 224 Å². The number of nitrogens with zero attached hydrogens (tertiary/aromatic N) is 4. The number of fused-ring (bicyclic) bond motifs is 13. The van der Waals surface area contributed by atoms with Gasteiger partial charge < -0.3 is 14.0 Å². The zero-order chi connectivity index (χ0) is 41.9. The maximum atomic E-state index is 5.61. The Kier molecular flexibility index (Phi) is 7.71. The Balaban J connectivity index is 0.933. The predicted octanol–water partition coefficient (Wildman–Crippen LogP) is 15.6. The first-order chi connectivity index (χ1) is 31.7. The Morgan fingerprint density at radius 1 is 0.375 bits per heavy atom. The van der Waals surface area contributed by atoms with Gasteiger partial charge in [0.2, 0.25) is 0 Å². The van der Waals surface area contributed by atoms with Gasteiger partial charge in [-0.2, -0.15) is 0 Å². The Morgan fingerprint density at radius 2 is 0.922 bits per heavy atom. The summed E-state index contributed by atoms with van der Waals surface area (Å²) in [6, 6.07) is 75.6. The van der Waals surface area contributed by atoms with Crippen molar-refractivity contribution in [1.82, 2.24) is 9.13 Å². The molecule has 0 amide bonds. The van der Waals surface area contributed by atoms with Gasteiger partial charge in [-0.05, 0) is 122 Å². The van der Waals surface area contributed by atoms with Crippen molar-refractivity contribution in [3.05, 3.63) is 230 Å². The summed E-state index contributed by atoms with van der Waals surface area (Å²) in [4.78, 5) is 8.15. The fourth-order valence-electron chi connectivity index (χ4n) is 10.6. The molecule has 0 spiro atoms. The first kappa shape index (κ1) is 35.7. The van der Waals surface area contributed by atoms with E-state index < -0.39 is 0 Å². The maximum absolute atomic E-state index is 5.61. The van der Waals surface area contributed by atoms with Crippen LogP contribution in [0.1, 0.15) is 17.2 Å². The minimum atomic E-state index is -0.0200. The van der Waals surface area contributed by atoms with Gasteiger partial charge >= 0.3 is 0 Å². The second kappa shape index (κ2) is 13.8. The number of para-hydroxylation sites is 2. The van der Waals surface area contributed by atoms with Crippen LogP contribution in [0.2, 0.25) is 0 Å². The highest BCUT2D eigenvalue weighted by molar-refractivity contribution is 8.15. The van der Waals surface area contributed by atoms with Gasteiger partial charge in [-0.1, -0.05) is 145 Å². The van der Waals surface area contributed by atoms with Crippen molar-refractivity contribution in [1.29, 1.82) is 0 Å². The van der Waals surface area contributed by atoms with E-state index in [1.807, 2.05) is 11.8 Å². The van der Waals surface area contributed by atoms with Crippen LogP contribution in [0.25, 0.3) is 87.4 Å². The van der Waals surface area contributed by atoms with E-state index in [1.165, 1.54) is 98.5 Å². The minimum absolute atomic E-state index is 0.0200. The summed E-state index contributed by atoms with van der Waals surface area (Å²) < 4.78 is 4.69. The van der Waals surface area contributed by atoms with Crippen molar-refractivity contribution in [3.63, 3.8) is 0 Å². The van der Waals surface area contributed by atoms with E-state index in [2.05, 4.69) is 233 Å². The lowest BCUT2D eigenvalue weighted by molar-refractivity contribution is 0.752. The van der Waals surface area contributed by atoms with E-state index in [1.54, 1.807) is 0 Å². The standard InChI is InChI=1S/C59H38N4S/c1-3-15-45(16-4-1)61-31-29-50-52-36-42(23-27-49(52)56-51(57(50)61)30-32-62(56)46-17-5-2-6-18-46)41-22-26-48-43(33-41)24-28-53-54(48)55-59(63(53)47-25-21-38-12-8-10-14-40(38)35-47)64-58(60-55)44-20-19-37-11-7-9-13-39(37)34-44/h1-36,55,59H. The Morgan fingerprint density at radius 3 is 1.64 bits per heavy atom. The van der Waals surface area contributed by atoms with Crippen molar-refractivity contribution < 1.29 is 0 Å². The maximum Gasteiger partial charge on any atom is 0.113 e. The molecule has 12 aromatic rings. The van der Waals surface area contributed by atoms with Crippen LogP contribution in [0, 0.1) is 0 Å². The van der Waals surface area contributed by atoms with Crippen LogP contribution in [0.4, 0.5) is 11.4 Å². The topological polar surface area (TPSA) is 25.5 Å². The molecular formula is C59H38N4S. The van der Waals surface area contributed by atoms with Crippen LogP contribution in [0.5, 0.6) is 0 Å². The second-order valence-electron chi connectivity index (χ2n) is 17.1. The Bertz CT molecular complexity index is 3900. The molecule has 5 heteroatoms. The van der Waals surface area contributed by atoms with E-state index in [0.717, 1.165) is 16.4 Å². The first-order valence-corrected chi connectivity index (χ1v) is 22.9. The van der Waals surface area contributed by atoms with Gasteiger partial charge in [-0.3, -0.25) is 4.99 Å². The van der Waals surface area contributed by atoms with E-state index in [0.29, 0.717) is 0 Å². The lowest BCUT2D eigenvalue weighted by Crippen LogP contribution is -2.24. The molecule has 0 N–H and O–H groups in total. The fourth-order valence-corrected chi connectivity index (χ4v) is 12.0. The molecule has 4 heterocycles. The van der Waals surface area contributed by atoms with Crippen molar-refractivity contribution in [2.24, 2.45) is 4.99 Å². The molecular weight excluding hydrogens is 797 g/mol. The molecule has 2 unspecified atom stereocenters. The zero-order valence-corrected chi connectivity index (χ0v) is 35.5. The molecule has 2 aromatic heterocycles. The van der Waals surface area contributed by atoms with E-state index >= 15 is 0 Å². The average molecular weight is 835 g/mol. The van der Waals surface area contributed by atoms with E-state index in [4.69, 9.17) is 4.99 Å². The van der Waals surface area contributed by atoms with Gasteiger partial charge in [0.1, 0.15) is 16.5 Å². The highest BCUT2D eigenvalue weighted by Crippen LogP contribution is 2.56. The van der Waals surface area contributed by atoms with Crippen LogP contribution < -0.4 is 4.90 Å². The molecule has 2 aliphatic rings. The lowest BCUT2D eigenvalue weighted by atomic mass is 9.94. The molecule has 10 aromatic carbocycles. The van der Waals surface area contributed by atoms with Gasteiger partial charge in [-0.15, -0.1) is 0 Å². The highest BCUT2D eigenvalue weighted by atomic mass is 32.2. The third-order valence-electron chi connectivity index (χ3n) is 13.6. The van der Waals surface area contributed by atoms with Crippen LogP contribution in [-0.2, 0) is 0 Å². The Hall–Kier alpha value is -7.86.